The summed E-state index contributed by atoms with van der Waals surface area (Å²) in [6.45, 7) is 8.84. The maximum atomic E-state index is 12.5. The highest BCUT2D eigenvalue weighted by molar-refractivity contribution is 5.68. The average molecular weight is 316 g/mol. The smallest absolute Gasteiger partial charge is 0.410 e. The molecular weight excluding hydrogens is 292 g/mol. The molecule has 2 heterocycles. The lowest BCUT2D eigenvalue weighted by atomic mass is 9.98. The molecule has 0 aliphatic rings. The van der Waals surface area contributed by atoms with Gasteiger partial charge in [0.15, 0.2) is 0 Å². The van der Waals surface area contributed by atoms with E-state index in [4.69, 9.17) is 4.74 Å². The minimum absolute atomic E-state index is 0.118. The van der Waals surface area contributed by atoms with Gasteiger partial charge in [-0.05, 0) is 25.8 Å². The lowest BCUT2D eigenvalue weighted by molar-refractivity contribution is 0.0714. The van der Waals surface area contributed by atoms with E-state index < -0.39 is 0 Å². The molecule has 124 valence electrons. The number of carbonyl (C=O) groups excluding carboxylic acids is 1. The first-order valence-corrected chi connectivity index (χ1v) is 7.86. The van der Waals surface area contributed by atoms with Crippen molar-refractivity contribution in [2.45, 2.75) is 40.3 Å². The molecular formula is C17H24N4O2. The highest BCUT2D eigenvalue weighted by Crippen LogP contribution is 2.29. The predicted molar refractivity (Wildman–Crippen MR) is 87.7 cm³/mol. The summed E-state index contributed by atoms with van der Waals surface area (Å²) in [6.07, 6.45) is 4.71. The summed E-state index contributed by atoms with van der Waals surface area (Å²) >= 11 is 0. The van der Waals surface area contributed by atoms with Crippen molar-refractivity contribution in [3.8, 4) is 0 Å². The Hall–Kier alpha value is -2.37. The van der Waals surface area contributed by atoms with Crippen LogP contribution in [0, 0.1) is 12.8 Å². The molecule has 6 heteroatoms. The van der Waals surface area contributed by atoms with Gasteiger partial charge in [0.25, 0.3) is 0 Å². The third-order valence-electron chi connectivity index (χ3n) is 3.78. The zero-order valence-corrected chi connectivity index (χ0v) is 14.1. The fraction of sp³-hybridized carbons (Fsp3) is 0.471. The second-order valence-corrected chi connectivity index (χ2v) is 5.80. The van der Waals surface area contributed by atoms with Gasteiger partial charge < -0.3 is 9.72 Å². The maximum absolute atomic E-state index is 12.5. The lowest BCUT2D eigenvalue weighted by Crippen LogP contribution is -2.38. The first-order chi connectivity index (χ1) is 11.0. The molecule has 0 bridgehead atoms. The Kier molecular flexibility index (Phi) is 5.73. The van der Waals surface area contributed by atoms with E-state index in [2.05, 4.69) is 28.8 Å². The van der Waals surface area contributed by atoms with Gasteiger partial charge in [-0.25, -0.2) is 9.78 Å². The highest BCUT2D eigenvalue weighted by atomic mass is 16.6. The summed E-state index contributed by atoms with van der Waals surface area (Å²) in [5, 5.41) is 0. The number of hydrogen-bond donors (Lipinski definition) is 1. The topological polar surface area (TPSA) is 71.1 Å². The summed E-state index contributed by atoms with van der Waals surface area (Å²) in [4.78, 5) is 25.8. The number of rotatable bonds is 6. The van der Waals surface area contributed by atoms with E-state index in [1.54, 1.807) is 23.6 Å². The van der Waals surface area contributed by atoms with Crippen LogP contribution in [0.3, 0.4) is 0 Å². The Morgan fingerprint density at radius 2 is 2.22 bits per heavy atom. The highest BCUT2D eigenvalue weighted by Gasteiger charge is 2.30. The Morgan fingerprint density at radius 3 is 2.74 bits per heavy atom. The quantitative estimate of drug-likeness (QED) is 0.886. The number of pyridine rings is 1. The van der Waals surface area contributed by atoms with Gasteiger partial charge in [0, 0.05) is 30.2 Å². The first-order valence-electron chi connectivity index (χ1n) is 7.86. The molecule has 0 saturated carbocycles. The molecule has 2 aromatic heterocycles. The van der Waals surface area contributed by atoms with E-state index in [1.165, 1.54) is 0 Å². The van der Waals surface area contributed by atoms with Crippen molar-refractivity contribution in [1.29, 1.82) is 0 Å². The normalized spacial score (nSPS) is 12.2. The Balaban J connectivity index is 2.12. The van der Waals surface area contributed by atoms with Crippen LogP contribution in [0.4, 0.5) is 4.79 Å². The molecule has 1 amide bonds. The van der Waals surface area contributed by atoms with Crippen molar-refractivity contribution in [2.24, 2.45) is 5.92 Å². The molecule has 0 aromatic carbocycles. The number of nitrogens with one attached hydrogen (secondary N) is 1. The van der Waals surface area contributed by atoms with Crippen molar-refractivity contribution in [3.63, 3.8) is 0 Å². The van der Waals surface area contributed by atoms with Crippen LogP contribution in [-0.4, -0.2) is 32.5 Å². The molecule has 1 unspecified atom stereocenters. The van der Waals surface area contributed by atoms with Gasteiger partial charge in [0.05, 0.1) is 18.1 Å². The Labute approximate surface area is 136 Å². The van der Waals surface area contributed by atoms with Crippen molar-refractivity contribution in [3.05, 3.63) is 47.8 Å². The van der Waals surface area contributed by atoms with Crippen LogP contribution in [0.5, 0.6) is 0 Å². The third-order valence-corrected chi connectivity index (χ3v) is 3.78. The molecule has 0 spiro atoms. The third kappa shape index (κ3) is 4.09. The summed E-state index contributed by atoms with van der Waals surface area (Å²) < 4.78 is 5.46. The van der Waals surface area contributed by atoms with Crippen LogP contribution in [0.1, 0.15) is 43.8 Å². The summed E-state index contributed by atoms with van der Waals surface area (Å²) in [5.74, 6) is 0.225. The molecule has 1 N–H and O–H groups in total. The molecule has 1 atom stereocenters. The monoisotopic (exact) mass is 316 g/mol. The Morgan fingerprint density at radius 1 is 1.43 bits per heavy atom. The predicted octanol–water partition coefficient (Wildman–Crippen LogP) is 3.47. The average Bonchev–Trinajstić information content (AvgIpc) is 2.96. The van der Waals surface area contributed by atoms with Crippen LogP contribution >= 0.6 is 0 Å². The van der Waals surface area contributed by atoms with Gasteiger partial charge in [-0.15, -0.1) is 0 Å². The van der Waals surface area contributed by atoms with Crippen LogP contribution in [0.15, 0.2) is 30.9 Å². The minimum atomic E-state index is -0.336. The van der Waals surface area contributed by atoms with Crippen molar-refractivity contribution in [1.82, 2.24) is 19.9 Å². The summed E-state index contributed by atoms with van der Waals surface area (Å²) in [7, 11) is 0. The fourth-order valence-electron chi connectivity index (χ4n) is 2.64. The number of amides is 1. The van der Waals surface area contributed by atoms with E-state index in [9.17, 15) is 4.79 Å². The SMILES string of the molecule is CCN(C(=O)OCc1cccnc1)C(c1nc[nH]c1C)C(C)C. The maximum Gasteiger partial charge on any atom is 0.410 e. The summed E-state index contributed by atoms with van der Waals surface area (Å²) in [6, 6.07) is 3.59. The molecule has 0 saturated heterocycles. The molecule has 0 aliphatic heterocycles. The number of nitrogens with zero attached hydrogens (tertiary/aromatic N) is 3. The number of H-pyrrole nitrogens is 1. The van der Waals surface area contributed by atoms with Crippen LogP contribution < -0.4 is 0 Å². The van der Waals surface area contributed by atoms with Gasteiger partial charge >= 0.3 is 6.09 Å². The number of imidazole rings is 1. The molecule has 0 fully saturated rings. The zero-order chi connectivity index (χ0) is 16.8. The minimum Gasteiger partial charge on any atom is -0.444 e. The number of ether oxygens (including phenoxy) is 1. The number of hydrogen-bond acceptors (Lipinski definition) is 4. The molecule has 23 heavy (non-hydrogen) atoms. The fourth-order valence-corrected chi connectivity index (χ4v) is 2.64. The van der Waals surface area contributed by atoms with Crippen LogP contribution in [-0.2, 0) is 11.3 Å². The largest absolute Gasteiger partial charge is 0.444 e. The second kappa shape index (κ2) is 7.76. The number of aryl methyl sites for hydroxylation is 1. The van der Waals surface area contributed by atoms with Crippen molar-refractivity contribution >= 4 is 6.09 Å². The molecule has 6 nitrogen and oxygen atoms in total. The number of aromatic nitrogens is 3. The van der Waals surface area contributed by atoms with E-state index in [0.29, 0.717) is 6.54 Å². The van der Waals surface area contributed by atoms with Crippen LogP contribution in [0.2, 0.25) is 0 Å². The molecule has 2 aromatic rings. The van der Waals surface area contributed by atoms with Crippen LogP contribution in [0.25, 0.3) is 0 Å². The van der Waals surface area contributed by atoms with Gasteiger partial charge in [0.1, 0.15) is 6.61 Å². The van der Waals surface area contributed by atoms with E-state index in [0.717, 1.165) is 17.0 Å². The number of aromatic amines is 1. The first kappa shape index (κ1) is 17.0. The molecule has 2 rings (SSSR count). The van der Waals surface area contributed by atoms with Gasteiger partial charge in [0.2, 0.25) is 0 Å². The zero-order valence-electron chi connectivity index (χ0n) is 14.1. The standard InChI is InChI=1S/C17H24N4O2/c1-5-21(16(12(2)3)15-13(4)19-11-20-15)17(22)23-10-14-7-6-8-18-9-14/h6-9,11-12,16H,5,10H2,1-4H3,(H,19,20). The van der Waals surface area contributed by atoms with Gasteiger partial charge in [-0.3, -0.25) is 9.88 Å². The Bertz CT molecular complexity index is 625. The van der Waals surface area contributed by atoms with Gasteiger partial charge in [-0.2, -0.15) is 0 Å². The second-order valence-electron chi connectivity index (χ2n) is 5.80. The van der Waals surface area contributed by atoms with Gasteiger partial charge in [-0.1, -0.05) is 19.9 Å². The van der Waals surface area contributed by atoms with Crippen molar-refractivity contribution < 1.29 is 9.53 Å². The molecule has 0 aliphatic carbocycles. The summed E-state index contributed by atoms with van der Waals surface area (Å²) in [5.41, 5.74) is 2.73. The molecule has 0 radical (unpaired) electrons. The van der Waals surface area contributed by atoms with E-state index in [1.807, 2.05) is 26.0 Å². The number of carbonyl (C=O) groups is 1. The van der Waals surface area contributed by atoms with E-state index in [-0.39, 0.29) is 24.7 Å². The van der Waals surface area contributed by atoms with E-state index >= 15 is 0 Å². The van der Waals surface area contributed by atoms with Crippen molar-refractivity contribution in [2.75, 3.05) is 6.54 Å². The lowest BCUT2D eigenvalue weighted by Gasteiger charge is -2.32.